The Morgan fingerprint density at radius 3 is 2.52 bits per heavy atom. The number of carbonyl (C=O) groups is 2. The highest BCUT2D eigenvalue weighted by molar-refractivity contribution is 6.04. The van der Waals surface area contributed by atoms with Gasteiger partial charge in [-0.25, -0.2) is 0 Å². The number of nitrogens with two attached hydrogens (primary N) is 1. The van der Waals surface area contributed by atoms with Gasteiger partial charge in [-0.05, 0) is 24.5 Å². The summed E-state index contributed by atoms with van der Waals surface area (Å²) in [6.45, 7) is 6.62. The maximum absolute atomic E-state index is 12.2. The first-order valence-corrected chi connectivity index (χ1v) is 7.39. The molecule has 1 aromatic carbocycles. The lowest BCUT2D eigenvalue weighted by atomic mass is 10.1. The molecule has 4 N–H and O–H groups in total. The van der Waals surface area contributed by atoms with Crippen LogP contribution in [0.15, 0.2) is 24.3 Å². The fraction of sp³-hybridized carbons (Fsp3) is 0.500. The molecular weight excluding hydrogens is 266 g/mol. The molecule has 1 unspecified atom stereocenters. The first-order chi connectivity index (χ1) is 9.95. The molecule has 116 valence electrons. The van der Waals surface area contributed by atoms with Gasteiger partial charge in [0.05, 0.1) is 17.3 Å². The van der Waals surface area contributed by atoms with E-state index in [0.29, 0.717) is 30.1 Å². The molecule has 2 amide bonds. The van der Waals surface area contributed by atoms with E-state index in [2.05, 4.69) is 10.6 Å². The minimum Gasteiger partial charge on any atom is -0.352 e. The first kappa shape index (κ1) is 17.2. The molecule has 0 aliphatic carbocycles. The third kappa shape index (κ3) is 5.55. The molecule has 0 fully saturated rings. The van der Waals surface area contributed by atoms with Gasteiger partial charge in [0.2, 0.25) is 5.91 Å². The van der Waals surface area contributed by atoms with Gasteiger partial charge in [0, 0.05) is 6.54 Å². The quantitative estimate of drug-likeness (QED) is 0.719. The number of hydrogen-bond donors (Lipinski definition) is 3. The molecule has 1 atom stereocenters. The second kappa shape index (κ2) is 8.42. The van der Waals surface area contributed by atoms with E-state index < -0.39 is 6.04 Å². The fourth-order valence-corrected chi connectivity index (χ4v) is 1.85. The van der Waals surface area contributed by atoms with Crippen molar-refractivity contribution >= 4 is 17.5 Å². The Hall–Kier alpha value is -1.88. The zero-order valence-corrected chi connectivity index (χ0v) is 13.0. The summed E-state index contributed by atoms with van der Waals surface area (Å²) in [7, 11) is 0. The summed E-state index contributed by atoms with van der Waals surface area (Å²) in [5, 5.41) is 5.58. The molecule has 0 saturated heterocycles. The third-order valence-electron chi connectivity index (χ3n) is 3.04. The lowest BCUT2D eigenvalue weighted by molar-refractivity contribution is -0.117. The Bertz CT molecular complexity index is 486. The summed E-state index contributed by atoms with van der Waals surface area (Å²) < 4.78 is 0. The number of rotatable bonds is 7. The minimum absolute atomic E-state index is 0.191. The lowest BCUT2D eigenvalue weighted by Gasteiger charge is -2.15. The number of carbonyl (C=O) groups excluding carboxylic acids is 2. The second-order valence-electron chi connectivity index (χ2n) is 5.53. The van der Waals surface area contributed by atoms with E-state index in [1.165, 1.54) is 0 Å². The van der Waals surface area contributed by atoms with Gasteiger partial charge in [0.1, 0.15) is 0 Å². The predicted molar refractivity (Wildman–Crippen MR) is 85.1 cm³/mol. The number of nitrogens with one attached hydrogen (secondary N) is 2. The molecule has 5 heteroatoms. The van der Waals surface area contributed by atoms with E-state index in [1.807, 2.05) is 20.8 Å². The Morgan fingerprint density at radius 2 is 1.90 bits per heavy atom. The molecular formula is C16H25N3O2. The summed E-state index contributed by atoms with van der Waals surface area (Å²) in [5.41, 5.74) is 6.74. The van der Waals surface area contributed by atoms with Crippen LogP contribution in [0.3, 0.4) is 0 Å². The lowest BCUT2D eigenvalue weighted by Crippen LogP contribution is -2.36. The van der Waals surface area contributed by atoms with Crippen molar-refractivity contribution in [3.63, 3.8) is 0 Å². The normalized spacial score (nSPS) is 12.0. The zero-order chi connectivity index (χ0) is 15.8. The summed E-state index contributed by atoms with van der Waals surface area (Å²) in [6.07, 6.45) is 1.46. The summed E-state index contributed by atoms with van der Waals surface area (Å²) >= 11 is 0. The Morgan fingerprint density at radius 1 is 1.24 bits per heavy atom. The van der Waals surface area contributed by atoms with Crippen molar-refractivity contribution in [3.05, 3.63) is 29.8 Å². The number of amides is 2. The van der Waals surface area contributed by atoms with E-state index in [0.717, 1.165) is 6.42 Å². The van der Waals surface area contributed by atoms with Gasteiger partial charge in [0.25, 0.3) is 5.91 Å². The average Bonchev–Trinajstić information content (AvgIpc) is 2.45. The van der Waals surface area contributed by atoms with Crippen molar-refractivity contribution in [1.82, 2.24) is 5.32 Å². The molecule has 1 aromatic rings. The van der Waals surface area contributed by atoms with Gasteiger partial charge in [-0.2, -0.15) is 0 Å². The van der Waals surface area contributed by atoms with Crippen LogP contribution in [0.1, 0.15) is 44.0 Å². The smallest absolute Gasteiger partial charge is 0.253 e. The van der Waals surface area contributed by atoms with Gasteiger partial charge in [0.15, 0.2) is 0 Å². The topological polar surface area (TPSA) is 84.2 Å². The monoisotopic (exact) mass is 291 g/mol. The number of hydrogen-bond acceptors (Lipinski definition) is 3. The first-order valence-electron chi connectivity index (χ1n) is 7.39. The maximum atomic E-state index is 12.2. The van der Waals surface area contributed by atoms with E-state index in [4.69, 9.17) is 5.73 Å². The Balaban J connectivity index is 2.79. The van der Waals surface area contributed by atoms with Gasteiger partial charge in [-0.15, -0.1) is 0 Å². The highest BCUT2D eigenvalue weighted by Gasteiger charge is 2.16. The van der Waals surface area contributed by atoms with Crippen LogP contribution < -0.4 is 16.4 Å². The predicted octanol–water partition coefficient (Wildman–Crippen LogP) is 2.14. The number of para-hydroxylation sites is 1. The van der Waals surface area contributed by atoms with Gasteiger partial charge < -0.3 is 16.4 Å². The molecule has 0 spiro atoms. The standard InChI is InChI=1S/C16H25N3O2/c1-4-7-13(17)16(21)19-14-9-6-5-8-12(14)15(20)18-10-11(2)3/h5-6,8-9,11,13H,4,7,10,17H2,1-3H3,(H,18,20)(H,19,21). The minimum atomic E-state index is -0.554. The largest absolute Gasteiger partial charge is 0.352 e. The van der Waals surface area contributed by atoms with Gasteiger partial charge in [-0.3, -0.25) is 9.59 Å². The molecule has 21 heavy (non-hydrogen) atoms. The van der Waals surface area contributed by atoms with E-state index in [-0.39, 0.29) is 11.8 Å². The second-order valence-corrected chi connectivity index (χ2v) is 5.53. The Labute approximate surface area is 126 Å². The average molecular weight is 291 g/mol. The highest BCUT2D eigenvalue weighted by atomic mass is 16.2. The summed E-state index contributed by atoms with van der Waals surface area (Å²) in [6, 6.07) is 6.39. The molecule has 0 bridgehead atoms. The molecule has 1 rings (SSSR count). The van der Waals surface area contributed by atoms with Crippen molar-refractivity contribution in [1.29, 1.82) is 0 Å². The third-order valence-corrected chi connectivity index (χ3v) is 3.04. The highest BCUT2D eigenvalue weighted by Crippen LogP contribution is 2.15. The van der Waals surface area contributed by atoms with Crippen molar-refractivity contribution < 1.29 is 9.59 Å². The van der Waals surface area contributed by atoms with E-state index in [9.17, 15) is 9.59 Å². The van der Waals surface area contributed by atoms with Crippen molar-refractivity contribution in [2.24, 2.45) is 11.7 Å². The van der Waals surface area contributed by atoms with Crippen LogP contribution in [-0.4, -0.2) is 24.4 Å². The van der Waals surface area contributed by atoms with Crippen LogP contribution in [0.5, 0.6) is 0 Å². The van der Waals surface area contributed by atoms with Crippen LogP contribution in [0, 0.1) is 5.92 Å². The van der Waals surface area contributed by atoms with E-state index >= 15 is 0 Å². The molecule has 0 aromatic heterocycles. The number of benzene rings is 1. The van der Waals surface area contributed by atoms with Crippen LogP contribution >= 0.6 is 0 Å². The SMILES string of the molecule is CCCC(N)C(=O)Nc1ccccc1C(=O)NCC(C)C. The van der Waals surface area contributed by atoms with Crippen molar-refractivity contribution in [2.45, 2.75) is 39.7 Å². The van der Waals surface area contributed by atoms with Gasteiger partial charge in [-0.1, -0.05) is 39.3 Å². The van der Waals surface area contributed by atoms with Crippen LogP contribution in [0.2, 0.25) is 0 Å². The molecule has 5 nitrogen and oxygen atoms in total. The molecule has 0 aliphatic rings. The van der Waals surface area contributed by atoms with Crippen LogP contribution in [0.4, 0.5) is 5.69 Å². The maximum Gasteiger partial charge on any atom is 0.253 e. The summed E-state index contributed by atoms with van der Waals surface area (Å²) in [5.74, 6) is -0.0849. The molecule has 0 saturated carbocycles. The van der Waals surface area contributed by atoms with Gasteiger partial charge >= 0.3 is 0 Å². The zero-order valence-electron chi connectivity index (χ0n) is 13.0. The van der Waals surface area contributed by atoms with Crippen molar-refractivity contribution in [2.75, 3.05) is 11.9 Å². The Kier molecular flexibility index (Phi) is 6.88. The number of anilines is 1. The van der Waals surface area contributed by atoms with Crippen LogP contribution in [0.25, 0.3) is 0 Å². The van der Waals surface area contributed by atoms with Crippen LogP contribution in [-0.2, 0) is 4.79 Å². The molecule has 0 heterocycles. The summed E-state index contributed by atoms with van der Waals surface area (Å²) in [4.78, 5) is 24.1. The molecule has 0 radical (unpaired) electrons. The van der Waals surface area contributed by atoms with Crippen molar-refractivity contribution in [3.8, 4) is 0 Å². The fourth-order valence-electron chi connectivity index (χ4n) is 1.85. The van der Waals surface area contributed by atoms with E-state index in [1.54, 1.807) is 24.3 Å². The molecule has 0 aliphatic heterocycles.